The van der Waals surface area contributed by atoms with Crippen LogP contribution in [0.15, 0.2) is 59.5 Å². The second-order valence-corrected chi connectivity index (χ2v) is 8.30. The van der Waals surface area contributed by atoms with Gasteiger partial charge < -0.3 is 15.8 Å². The van der Waals surface area contributed by atoms with Crippen molar-refractivity contribution in [1.82, 2.24) is 15.5 Å². The molecular formula is C20H26N4O6S. The average Bonchev–Trinajstić information content (AvgIpc) is 2.78. The molecule has 0 saturated carbocycles. The van der Waals surface area contributed by atoms with Crippen molar-refractivity contribution in [2.45, 2.75) is 30.2 Å². The Kier molecular flexibility index (Phi) is 9.40. The molecule has 31 heavy (non-hydrogen) atoms. The van der Waals surface area contributed by atoms with E-state index >= 15 is 0 Å². The smallest absolute Gasteiger partial charge is 0.261 e. The maximum absolute atomic E-state index is 12.7. The van der Waals surface area contributed by atoms with Crippen molar-refractivity contribution in [3.8, 4) is 11.5 Å². The molecule has 0 radical (unpaired) electrons. The second kappa shape index (κ2) is 12.0. The van der Waals surface area contributed by atoms with Gasteiger partial charge >= 0.3 is 0 Å². The first-order valence-corrected chi connectivity index (χ1v) is 11.1. The minimum absolute atomic E-state index is 0.0566. The van der Waals surface area contributed by atoms with Gasteiger partial charge in [-0.3, -0.25) is 14.8 Å². The van der Waals surface area contributed by atoms with E-state index < -0.39 is 22.0 Å². The van der Waals surface area contributed by atoms with Crippen LogP contribution >= 0.6 is 0 Å². The van der Waals surface area contributed by atoms with E-state index in [1.165, 1.54) is 29.7 Å². The Labute approximate surface area is 180 Å². The highest BCUT2D eigenvalue weighted by Crippen LogP contribution is 2.22. The molecule has 1 atom stereocenters. The first-order chi connectivity index (χ1) is 14.9. The lowest BCUT2D eigenvalue weighted by Gasteiger charge is -2.17. The van der Waals surface area contributed by atoms with Crippen LogP contribution in [0.4, 0.5) is 0 Å². The van der Waals surface area contributed by atoms with Gasteiger partial charge in [-0.05, 0) is 55.7 Å². The van der Waals surface area contributed by atoms with Gasteiger partial charge in [0.05, 0.1) is 11.4 Å². The van der Waals surface area contributed by atoms with Crippen LogP contribution in [0.1, 0.15) is 19.3 Å². The monoisotopic (exact) mass is 450 g/mol. The quantitative estimate of drug-likeness (QED) is 0.182. The molecule has 0 spiro atoms. The maximum Gasteiger partial charge on any atom is 0.261 e. The van der Waals surface area contributed by atoms with Crippen LogP contribution in [0.5, 0.6) is 11.5 Å². The summed E-state index contributed by atoms with van der Waals surface area (Å²) in [5.74, 6) is -0.114. The normalized spacial score (nSPS) is 12.1. The third kappa shape index (κ3) is 7.98. The van der Waals surface area contributed by atoms with Crippen molar-refractivity contribution in [1.29, 1.82) is 0 Å². The van der Waals surface area contributed by atoms with Gasteiger partial charge in [-0.1, -0.05) is 18.2 Å². The van der Waals surface area contributed by atoms with Crippen LogP contribution in [0.2, 0.25) is 0 Å². The molecule has 2 rings (SSSR count). The lowest BCUT2D eigenvalue weighted by atomic mass is 10.1. The molecule has 0 aliphatic heterocycles. The number of hydroxylamine groups is 1. The fraction of sp³-hybridized carbons (Fsp3) is 0.300. The van der Waals surface area contributed by atoms with Gasteiger partial charge in [0, 0.05) is 6.54 Å². The molecule has 0 bridgehead atoms. The average molecular weight is 451 g/mol. The minimum atomic E-state index is -4.03. The zero-order chi connectivity index (χ0) is 22.7. The zero-order valence-electron chi connectivity index (χ0n) is 16.8. The highest BCUT2D eigenvalue weighted by atomic mass is 32.2. The van der Waals surface area contributed by atoms with E-state index in [1.807, 2.05) is 18.2 Å². The molecule has 6 N–H and O–H groups in total. The Morgan fingerprint density at radius 2 is 1.65 bits per heavy atom. The molecule has 0 fully saturated rings. The Morgan fingerprint density at radius 1 is 1.00 bits per heavy atom. The minimum Gasteiger partial charge on any atom is -0.457 e. The van der Waals surface area contributed by atoms with Gasteiger partial charge in [-0.2, -0.15) is 4.72 Å². The van der Waals surface area contributed by atoms with Crippen LogP contribution in [-0.4, -0.2) is 44.6 Å². The summed E-state index contributed by atoms with van der Waals surface area (Å²) >= 11 is 0. The molecular weight excluding hydrogens is 424 g/mol. The molecule has 0 aromatic heterocycles. The van der Waals surface area contributed by atoms with Crippen LogP contribution in [0.3, 0.4) is 0 Å². The van der Waals surface area contributed by atoms with E-state index in [1.54, 1.807) is 12.1 Å². The number of hydrogen-bond donors (Lipinski definition) is 5. The summed E-state index contributed by atoms with van der Waals surface area (Å²) in [6, 6.07) is 13.6. The second-order valence-electron chi connectivity index (χ2n) is 6.59. The number of amides is 2. The van der Waals surface area contributed by atoms with E-state index in [0.29, 0.717) is 30.9 Å². The highest BCUT2D eigenvalue weighted by molar-refractivity contribution is 7.89. The molecule has 2 aromatic carbocycles. The Bertz CT molecular complexity index is 951. The van der Waals surface area contributed by atoms with Gasteiger partial charge in [-0.25, -0.2) is 13.9 Å². The Balaban J connectivity index is 1.97. The van der Waals surface area contributed by atoms with E-state index in [2.05, 4.69) is 10.0 Å². The number of unbranched alkanes of at least 4 members (excludes halogenated alkanes) is 1. The standard InChI is InChI=1S/C20H26N4O6S/c21-14-19(25)22-13-5-4-8-18(20(26)23-27)24-31(28,29)17-11-9-16(10-12-17)30-15-6-2-1-3-7-15/h1-3,6-7,9-12,18,24,27H,4-5,8,13-14,21H2,(H,22,25)(H,23,26)/t18-/m1/s1. The summed E-state index contributed by atoms with van der Waals surface area (Å²) < 4.78 is 33.3. The molecule has 10 nitrogen and oxygen atoms in total. The third-order valence-electron chi connectivity index (χ3n) is 4.26. The summed E-state index contributed by atoms with van der Waals surface area (Å²) in [7, 11) is -4.03. The fourth-order valence-corrected chi connectivity index (χ4v) is 3.89. The molecule has 0 aliphatic rings. The van der Waals surface area contributed by atoms with E-state index in [-0.39, 0.29) is 23.8 Å². The third-order valence-corrected chi connectivity index (χ3v) is 5.75. The molecule has 168 valence electrons. The number of nitrogens with one attached hydrogen (secondary N) is 3. The molecule has 11 heteroatoms. The number of para-hydroxylation sites is 1. The number of rotatable bonds is 12. The summed E-state index contributed by atoms with van der Waals surface area (Å²) in [6.07, 6.45) is 1.06. The van der Waals surface area contributed by atoms with Gasteiger partial charge in [-0.15, -0.1) is 0 Å². The summed E-state index contributed by atoms with van der Waals surface area (Å²) in [5, 5.41) is 11.5. The van der Waals surface area contributed by atoms with Crippen molar-refractivity contribution >= 4 is 21.8 Å². The van der Waals surface area contributed by atoms with Crippen molar-refractivity contribution in [2.24, 2.45) is 5.73 Å². The number of carbonyl (C=O) groups excluding carboxylic acids is 2. The molecule has 0 saturated heterocycles. The fourth-order valence-electron chi connectivity index (χ4n) is 2.66. The summed E-state index contributed by atoms with van der Waals surface area (Å²) in [5.41, 5.74) is 6.66. The van der Waals surface area contributed by atoms with Crippen LogP contribution in [0.25, 0.3) is 0 Å². The van der Waals surface area contributed by atoms with E-state index in [4.69, 9.17) is 15.7 Å². The summed E-state index contributed by atoms with van der Waals surface area (Å²) in [4.78, 5) is 22.9. The molecule has 2 aromatic rings. The van der Waals surface area contributed by atoms with Gasteiger partial charge in [0.2, 0.25) is 15.9 Å². The van der Waals surface area contributed by atoms with Crippen LogP contribution in [-0.2, 0) is 19.6 Å². The molecule has 0 heterocycles. The van der Waals surface area contributed by atoms with Crippen molar-refractivity contribution in [3.05, 3.63) is 54.6 Å². The summed E-state index contributed by atoms with van der Waals surface area (Å²) in [6.45, 7) is 0.226. The largest absolute Gasteiger partial charge is 0.457 e. The lowest BCUT2D eigenvalue weighted by Crippen LogP contribution is -2.45. The highest BCUT2D eigenvalue weighted by Gasteiger charge is 2.25. The number of sulfonamides is 1. The van der Waals surface area contributed by atoms with Crippen molar-refractivity contribution < 1.29 is 28.0 Å². The first kappa shape index (κ1) is 24.3. The Morgan fingerprint density at radius 3 is 2.26 bits per heavy atom. The zero-order valence-corrected chi connectivity index (χ0v) is 17.6. The predicted molar refractivity (Wildman–Crippen MR) is 113 cm³/mol. The number of hydrogen-bond acceptors (Lipinski definition) is 7. The predicted octanol–water partition coefficient (Wildman–Crippen LogP) is 0.876. The number of carbonyl (C=O) groups is 2. The first-order valence-electron chi connectivity index (χ1n) is 9.61. The topological polar surface area (TPSA) is 160 Å². The van der Waals surface area contributed by atoms with Crippen LogP contribution in [0, 0.1) is 0 Å². The molecule has 2 amide bonds. The lowest BCUT2D eigenvalue weighted by molar-refractivity contribution is -0.131. The molecule has 0 aliphatic carbocycles. The van der Waals surface area contributed by atoms with Crippen molar-refractivity contribution in [3.63, 3.8) is 0 Å². The number of ether oxygens (including phenoxy) is 1. The SMILES string of the molecule is NCC(=O)NCCCC[C@@H](NS(=O)(=O)c1ccc(Oc2ccccc2)cc1)C(=O)NO. The van der Waals surface area contributed by atoms with E-state index in [9.17, 15) is 18.0 Å². The van der Waals surface area contributed by atoms with Gasteiger partial charge in [0.1, 0.15) is 17.5 Å². The number of nitrogens with two attached hydrogens (primary N) is 1. The van der Waals surface area contributed by atoms with Crippen LogP contribution < -0.4 is 26.0 Å². The van der Waals surface area contributed by atoms with Gasteiger partial charge in [0.15, 0.2) is 0 Å². The maximum atomic E-state index is 12.7. The van der Waals surface area contributed by atoms with Gasteiger partial charge in [0.25, 0.3) is 5.91 Å². The van der Waals surface area contributed by atoms with Crippen molar-refractivity contribution in [2.75, 3.05) is 13.1 Å². The van der Waals surface area contributed by atoms with E-state index in [0.717, 1.165) is 0 Å². The Hall–Kier alpha value is -2.99. The molecule has 0 unspecified atom stereocenters. The number of benzene rings is 2.